The van der Waals surface area contributed by atoms with E-state index in [1.165, 1.54) is 22.7 Å². The van der Waals surface area contributed by atoms with E-state index in [9.17, 15) is 19.6 Å². The third-order valence-electron chi connectivity index (χ3n) is 5.18. The second-order valence-corrected chi connectivity index (χ2v) is 7.20. The molecular weight excluding hydrogens is 362 g/mol. The van der Waals surface area contributed by atoms with E-state index in [2.05, 4.69) is 10.2 Å². The number of anilines is 1. The summed E-state index contributed by atoms with van der Waals surface area (Å²) >= 11 is 0. The summed E-state index contributed by atoms with van der Waals surface area (Å²) < 4.78 is 2.27. The number of nitrogens with one attached hydrogen (secondary N) is 1. The minimum atomic E-state index is -0.604. The number of H-pyrrole nitrogens is 1. The Morgan fingerprint density at radius 3 is 2.68 bits per heavy atom. The molecule has 148 valence electrons. The van der Waals surface area contributed by atoms with E-state index in [1.54, 1.807) is 21.1 Å². The molecule has 0 aliphatic carbocycles. The van der Waals surface area contributed by atoms with Gasteiger partial charge in [-0.25, -0.2) is 4.79 Å². The largest absolute Gasteiger partial charge is 0.356 e. The number of carbonyl (C=O) groups excluding carboxylic acids is 1. The summed E-state index contributed by atoms with van der Waals surface area (Å²) in [6.45, 7) is 1.07. The van der Waals surface area contributed by atoms with Gasteiger partial charge in [-0.1, -0.05) is 0 Å². The molecule has 10 nitrogen and oxygen atoms in total. The van der Waals surface area contributed by atoms with Crippen LogP contribution in [0.1, 0.15) is 40.4 Å². The van der Waals surface area contributed by atoms with Gasteiger partial charge in [0.2, 0.25) is 0 Å². The number of piperidine rings is 1. The summed E-state index contributed by atoms with van der Waals surface area (Å²) in [5.41, 5.74) is 0.101. The highest BCUT2D eigenvalue weighted by Crippen LogP contribution is 2.31. The fourth-order valence-corrected chi connectivity index (χ4v) is 3.73. The monoisotopic (exact) mass is 385 g/mol. The zero-order valence-electron chi connectivity index (χ0n) is 16.4. The Morgan fingerprint density at radius 1 is 1.32 bits per heavy atom. The topological polar surface area (TPSA) is 120 Å². The van der Waals surface area contributed by atoms with Gasteiger partial charge >= 0.3 is 5.69 Å². The smallest absolute Gasteiger partial charge is 0.332 e. The van der Waals surface area contributed by atoms with Gasteiger partial charge in [0, 0.05) is 47.2 Å². The number of nitriles is 1. The second kappa shape index (κ2) is 7.34. The molecule has 1 amide bonds. The SMILES string of the molecule is CN(C)C(=O)c1cn[nH]c1[C@H]1CCCN(c2c(C#N)c(=O)n(C)c(=O)n2C)C1. The summed E-state index contributed by atoms with van der Waals surface area (Å²) in [4.78, 5) is 40.6. The van der Waals surface area contributed by atoms with Crippen LogP contribution in [0.15, 0.2) is 15.8 Å². The maximum Gasteiger partial charge on any atom is 0.332 e. The molecule has 0 bridgehead atoms. The molecular formula is C18H23N7O3. The fraction of sp³-hybridized carbons (Fsp3) is 0.500. The highest BCUT2D eigenvalue weighted by Gasteiger charge is 2.30. The first-order valence-corrected chi connectivity index (χ1v) is 8.97. The van der Waals surface area contributed by atoms with Crippen molar-refractivity contribution in [3.8, 4) is 6.07 Å². The fourth-order valence-electron chi connectivity index (χ4n) is 3.73. The Bertz CT molecular complexity index is 1070. The number of carbonyl (C=O) groups is 1. The highest BCUT2D eigenvalue weighted by molar-refractivity contribution is 5.94. The molecule has 28 heavy (non-hydrogen) atoms. The van der Waals surface area contributed by atoms with Crippen molar-refractivity contribution in [2.45, 2.75) is 18.8 Å². The van der Waals surface area contributed by atoms with E-state index >= 15 is 0 Å². The Labute approximate surface area is 161 Å². The lowest BCUT2D eigenvalue weighted by Gasteiger charge is -2.35. The lowest BCUT2D eigenvalue weighted by molar-refractivity contribution is 0.0826. The molecule has 2 aromatic rings. The van der Waals surface area contributed by atoms with Crippen LogP contribution in [0.4, 0.5) is 5.82 Å². The third kappa shape index (κ3) is 3.09. The number of nitrogens with zero attached hydrogens (tertiary/aromatic N) is 6. The zero-order valence-corrected chi connectivity index (χ0v) is 16.4. The normalized spacial score (nSPS) is 16.7. The standard InChI is InChI=1S/C18H23N7O3/c1-22(2)16(26)13-9-20-21-14(13)11-6-5-7-25(10-11)15-12(8-19)17(27)24(4)18(28)23(15)3/h9,11H,5-7,10H2,1-4H3,(H,20,21)/t11-/m0/s1. The number of hydrogen-bond donors (Lipinski definition) is 1. The third-order valence-corrected chi connectivity index (χ3v) is 5.18. The van der Waals surface area contributed by atoms with Crippen molar-refractivity contribution in [2.24, 2.45) is 14.1 Å². The van der Waals surface area contributed by atoms with Gasteiger partial charge in [0.1, 0.15) is 11.9 Å². The number of rotatable bonds is 3. The molecule has 1 aliphatic rings. The predicted octanol–water partition coefficient (Wildman–Crippen LogP) is -0.235. The average Bonchev–Trinajstić information content (AvgIpc) is 3.18. The molecule has 0 radical (unpaired) electrons. The van der Waals surface area contributed by atoms with E-state index in [-0.39, 0.29) is 17.4 Å². The van der Waals surface area contributed by atoms with Crippen LogP contribution < -0.4 is 16.1 Å². The van der Waals surface area contributed by atoms with E-state index in [0.717, 1.165) is 23.1 Å². The molecule has 0 spiro atoms. The van der Waals surface area contributed by atoms with Crippen LogP contribution in [0, 0.1) is 11.3 Å². The van der Waals surface area contributed by atoms with Crippen LogP contribution in [0.2, 0.25) is 0 Å². The maximum atomic E-state index is 12.4. The Morgan fingerprint density at radius 2 is 2.04 bits per heavy atom. The van der Waals surface area contributed by atoms with Crippen molar-refractivity contribution in [2.75, 3.05) is 32.1 Å². The summed E-state index contributed by atoms with van der Waals surface area (Å²) in [5.74, 6) is 0.140. The molecule has 0 unspecified atom stereocenters. The van der Waals surface area contributed by atoms with Gasteiger partial charge < -0.3 is 9.80 Å². The van der Waals surface area contributed by atoms with Gasteiger partial charge in [0.05, 0.1) is 17.5 Å². The lowest BCUT2D eigenvalue weighted by atomic mass is 9.92. The van der Waals surface area contributed by atoms with Crippen LogP contribution in [0.25, 0.3) is 0 Å². The number of hydrogen-bond acceptors (Lipinski definition) is 6. The number of aromatic amines is 1. The van der Waals surface area contributed by atoms with Gasteiger partial charge in [-0.3, -0.25) is 23.8 Å². The Balaban J connectivity index is 2.02. The van der Waals surface area contributed by atoms with Gasteiger partial charge in [-0.2, -0.15) is 10.4 Å². The van der Waals surface area contributed by atoms with E-state index in [4.69, 9.17) is 0 Å². The molecule has 1 N–H and O–H groups in total. The van der Waals surface area contributed by atoms with Gasteiger partial charge in [0.15, 0.2) is 5.56 Å². The van der Waals surface area contributed by atoms with Gasteiger partial charge in [-0.15, -0.1) is 0 Å². The molecule has 10 heteroatoms. The molecule has 0 saturated carbocycles. The molecule has 2 aromatic heterocycles. The van der Waals surface area contributed by atoms with Crippen LogP contribution in [0.5, 0.6) is 0 Å². The van der Waals surface area contributed by atoms with Crippen LogP contribution in [0.3, 0.4) is 0 Å². The minimum absolute atomic E-state index is 0.0409. The molecule has 1 saturated heterocycles. The Kier molecular flexibility index (Phi) is 5.09. The van der Waals surface area contributed by atoms with Crippen LogP contribution in [-0.2, 0) is 14.1 Å². The van der Waals surface area contributed by atoms with Gasteiger partial charge in [-0.05, 0) is 12.8 Å². The number of amides is 1. The minimum Gasteiger partial charge on any atom is -0.356 e. The predicted molar refractivity (Wildman–Crippen MR) is 102 cm³/mol. The zero-order chi connectivity index (χ0) is 20.6. The van der Waals surface area contributed by atoms with Crippen molar-refractivity contribution in [1.29, 1.82) is 5.26 Å². The molecule has 1 aliphatic heterocycles. The molecule has 1 fully saturated rings. The molecule has 3 rings (SSSR count). The quantitative estimate of drug-likeness (QED) is 0.779. The summed E-state index contributed by atoms with van der Waals surface area (Å²) in [6.07, 6.45) is 3.13. The van der Waals surface area contributed by atoms with Crippen LogP contribution in [-0.4, -0.2) is 57.3 Å². The molecule has 3 heterocycles. The average molecular weight is 385 g/mol. The van der Waals surface area contributed by atoms with E-state index in [1.807, 2.05) is 11.0 Å². The Hall–Kier alpha value is -3.35. The van der Waals surface area contributed by atoms with E-state index in [0.29, 0.717) is 24.5 Å². The summed E-state index contributed by atoms with van der Waals surface area (Å²) in [6, 6.07) is 1.95. The number of aromatic nitrogens is 4. The van der Waals surface area contributed by atoms with Crippen LogP contribution >= 0.6 is 0 Å². The van der Waals surface area contributed by atoms with Crippen molar-refractivity contribution < 1.29 is 4.79 Å². The van der Waals surface area contributed by atoms with Crippen molar-refractivity contribution in [3.63, 3.8) is 0 Å². The summed E-state index contributed by atoms with van der Waals surface area (Å²) in [5, 5.41) is 16.5. The first-order chi connectivity index (χ1) is 13.3. The van der Waals surface area contributed by atoms with Crippen molar-refractivity contribution in [1.82, 2.24) is 24.2 Å². The molecule has 0 aromatic carbocycles. The molecule has 1 atom stereocenters. The highest BCUT2D eigenvalue weighted by atomic mass is 16.2. The first kappa shape index (κ1) is 19.4. The maximum absolute atomic E-state index is 12.4. The van der Waals surface area contributed by atoms with E-state index < -0.39 is 11.2 Å². The van der Waals surface area contributed by atoms with Crippen molar-refractivity contribution in [3.05, 3.63) is 43.9 Å². The van der Waals surface area contributed by atoms with Gasteiger partial charge in [0.25, 0.3) is 11.5 Å². The second-order valence-electron chi connectivity index (χ2n) is 7.20. The summed E-state index contributed by atoms with van der Waals surface area (Å²) in [7, 11) is 6.28. The first-order valence-electron chi connectivity index (χ1n) is 8.97. The lowest BCUT2D eigenvalue weighted by Crippen LogP contribution is -2.45. The van der Waals surface area contributed by atoms with Crippen molar-refractivity contribution >= 4 is 11.7 Å².